The largest absolute Gasteiger partial charge is 0.337 e. The van der Waals surface area contributed by atoms with Gasteiger partial charge in [-0.15, -0.1) is 11.6 Å². The van der Waals surface area contributed by atoms with Gasteiger partial charge in [0.1, 0.15) is 0 Å². The maximum atomic E-state index is 12.0. The van der Waals surface area contributed by atoms with Crippen LogP contribution in [0.25, 0.3) is 0 Å². The normalized spacial score (nSPS) is 19.9. The van der Waals surface area contributed by atoms with Crippen LogP contribution in [0.1, 0.15) is 32.6 Å². The summed E-state index contributed by atoms with van der Waals surface area (Å²) in [5, 5.41) is 2.88. The minimum Gasteiger partial charge on any atom is -0.337 e. The fourth-order valence-electron chi connectivity index (χ4n) is 2.51. The molecule has 1 N–H and O–H groups in total. The number of nitrogens with zero attached hydrogens (tertiary/aromatic N) is 1. The van der Waals surface area contributed by atoms with Crippen molar-refractivity contribution in [3.63, 3.8) is 0 Å². The molecule has 2 fully saturated rings. The van der Waals surface area contributed by atoms with Crippen LogP contribution in [0, 0.1) is 11.8 Å². The van der Waals surface area contributed by atoms with E-state index in [9.17, 15) is 4.79 Å². The van der Waals surface area contributed by atoms with E-state index < -0.39 is 0 Å². The van der Waals surface area contributed by atoms with Crippen LogP contribution in [0.2, 0.25) is 0 Å². The highest BCUT2D eigenvalue weighted by atomic mass is 35.5. The molecule has 0 saturated heterocycles. The third kappa shape index (κ3) is 2.82. The van der Waals surface area contributed by atoms with Crippen LogP contribution >= 0.6 is 11.6 Å². The lowest BCUT2D eigenvalue weighted by Crippen LogP contribution is -2.48. The molecule has 4 heteroatoms. The van der Waals surface area contributed by atoms with Gasteiger partial charge in [0.15, 0.2) is 0 Å². The smallest absolute Gasteiger partial charge is 0.317 e. The second-order valence-electron chi connectivity index (χ2n) is 4.87. The quantitative estimate of drug-likeness (QED) is 0.716. The predicted molar refractivity (Wildman–Crippen MR) is 65.7 cm³/mol. The van der Waals surface area contributed by atoms with Crippen LogP contribution in [0.4, 0.5) is 4.79 Å². The van der Waals surface area contributed by atoms with Gasteiger partial charge in [-0.05, 0) is 44.4 Å². The van der Waals surface area contributed by atoms with Crippen LogP contribution in [0.5, 0.6) is 0 Å². The highest BCUT2D eigenvalue weighted by molar-refractivity contribution is 6.18. The molecule has 0 radical (unpaired) electrons. The van der Waals surface area contributed by atoms with E-state index in [1.54, 1.807) is 0 Å². The maximum absolute atomic E-state index is 12.0. The molecule has 0 spiro atoms. The first-order valence-electron chi connectivity index (χ1n) is 6.38. The summed E-state index contributed by atoms with van der Waals surface area (Å²) >= 11 is 5.59. The highest BCUT2D eigenvalue weighted by Crippen LogP contribution is 2.47. The van der Waals surface area contributed by atoms with Gasteiger partial charge in [-0.2, -0.15) is 0 Å². The molecule has 2 aliphatic carbocycles. The Morgan fingerprint density at radius 1 is 1.38 bits per heavy atom. The molecule has 0 heterocycles. The van der Waals surface area contributed by atoms with Gasteiger partial charge in [-0.25, -0.2) is 4.79 Å². The number of urea groups is 1. The summed E-state index contributed by atoms with van der Waals surface area (Å²) in [6, 6.07) is 0.576. The lowest BCUT2D eigenvalue weighted by molar-refractivity contribution is 0.160. The van der Waals surface area contributed by atoms with Crippen LogP contribution in [-0.2, 0) is 0 Å². The van der Waals surface area contributed by atoms with Crippen LogP contribution < -0.4 is 5.32 Å². The number of amides is 2. The van der Waals surface area contributed by atoms with Crippen LogP contribution in [-0.4, -0.2) is 35.9 Å². The van der Waals surface area contributed by atoms with Gasteiger partial charge in [-0.3, -0.25) is 0 Å². The average Bonchev–Trinajstić information content (AvgIpc) is 3.15. The molecule has 2 amide bonds. The zero-order chi connectivity index (χ0) is 11.5. The summed E-state index contributed by atoms with van der Waals surface area (Å²) < 4.78 is 0. The van der Waals surface area contributed by atoms with Gasteiger partial charge in [0.05, 0.1) is 0 Å². The Bertz CT molecular complexity index is 239. The van der Waals surface area contributed by atoms with E-state index in [0.717, 1.165) is 18.4 Å². The number of carbonyl (C=O) groups excluding carboxylic acids is 1. The maximum Gasteiger partial charge on any atom is 0.317 e. The summed E-state index contributed by atoms with van der Waals surface area (Å²) in [5.74, 6) is 2.03. The van der Waals surface area contributed by atoms with Crippen molar-refractivity contribution in [2.75, 3.05) is 19.0 Å². The van der Waals surface area contributed by atoms with Crippen molar-refractivity contribution in [2.45, 2.75) is 38.6 Å². The molecule has 2 aliphatic rings. The van der Waals surface area contributed by atoms with Crippen molar-refractivity contribution in [1.82, 2.24) is 10.2 Å². The SMILES string of the molecule is CCN(C(=O)NCCCl)C(C1CC1)C1CC1. The van der Waals surface area contributed by atoms with Gasteiger partial charge in [0.2, 0.25) is 0 Å². The first kappa shape index (κ1) is 12.0. The molecule has 16 heavy (non-hydrogen) atoms. The lowest BCUT2D eigenvalue weighted by Gasteiger charge is -2.31. The Kier molecular flexibility index (Phi) is 3.95. The number of nitrogens with one attached hydrogen (secondary N) is 1. The van der Waals surface area contributed by atoms with Gasteiger partial charge < -0.3 is 10.2 Å². The van der Waals surface area contributed by atoms with Crippen molar-refractivity contribution in [2.24, 2.45) is 11.8 Å². The first-order valence-corrected chi connectivity index (χ1v) is 6.91. The van der Waals surface area contributed by atoms with E-state index in [1.807, 2.05) is 4.90 Å². The first-order chi connectivity index (χ1) is 7.77. The fourth-order valence-corrected chi connectivity index (χ4v) is 2.61. The second-order valence-corrected chi connectivity index (χ2v) is 5.25. The van der Waals surface area contributed by atoms with E-state index in [-0.39, 0.29) is 6.03 Å². The Morgan fingerprint density at radius 2 is 1.94 bits per heavy atom. The third-order valence-corrected chi connectivity index (χ3v) is 3.73. The second kappa shape index (κ2) is 5.26. The number of halogens is 1. The Balaban J connectivity index is 1.92. The molecule has 0 aliphatic heterocycles. The van der Waals surface area contributed by atoms with Crippen molar-refractivity contribution >= 4 is 17.6 Å². The number of hydrogen-bond donors (Lipinski definition) is 1. The van der Waals surface area contributed by atoms with Crippen LogP contribution in [0.15, 0.2) is 0 Å². The van der Waals surface area contributed by atoms with Crippen molar-refractivity contribution in [1.29, 1.82) is 0 Å². The molecule has 3 nitrogen and oxygen atoms in total. The predicted octanol–water partition coefficient (Wildman–Crippen LogP) is 2.45. The molecule has 0 aromatic carbocycles. The number of hydrogen-bond acceptors (Lipinski definition) is 1. The molecular weight excluding hydrogens is 224 g/mol. The monoisotopic (exact) mass is 244 g/mol. The highest BCUT2D eigenvalue weighted by Gasteiger charge is 2.45. The Hall–Kier alpha value is -0.440. The standard InChI is InChI=1S/C12H21ClN2O/c1-2-15(12(16)14-8-7-13)11(9-3-4-9)10-5-6-10/h9-11H,2-8H2,1H3,(H,14,16). The Morgan fingerprint density at radius 3 is 2.31 bits per heavy atom. The van der Waals surface area contributed by atoms with Gasteiger partial charge in [0, 0.05) is 25.0 Å². The molecule has 0 aromatic heterocycles. The summed E-state index contributed by atoms with van der Waals surface area (Å²) in [6.45, 7) is 3.45. The van der Waals surface area contributed by atoms with Gasteiger partial charge in [0.25, 0.3) is 0 Å². The minimum absolute atomic E-state index is 0.0759. The molecule has 0 unspecified atom stereocenters. The molecule has 92 valence electrons. The Labute approximate surface area is 103 Å². The lowest BCUT2D eigenvalue weighted by atomic mass is 10.1. The van der Waals surface area contributed by atoms with E-state index >= 15 is 0 Å². The molecular formula is C12H21ClN2O. The molecule has 0 bridgehead atoms. The zero-order valence-corrected chi connectivity index (χ0v) is 10.7. The molecule has 2 rings (SSSR count). The summed E-state index contributed by atoms with van der Waals surface area (Å²) in [5.41, 5.74) is 0. The summed E-state index contributed by atoms with van der Waals surface area (Å²) in [6.07, 6.45) is 5.22. The van der Waals surface area contributed by atoms with E-state index in [1.165, 1.54) is 25.7 Å². The van der Waals surface area contributed by atoms with Crippen molar-refractivity contribution in [3.05, 3.63) is 0 Å². The number of carbonyl (C=O) groups is 1. The zero-order valence-electron chi connectivity index (χ0n) is 9.92. The number of alkyl halides is 1. The van der Waals surface area contributed by atoms with E-state index in [4.69, 9.17) is 11.6 Å². The number of rotatable bonds is 6. The molecule has 0 atom stereocenters. The topological polar surface area (TPSA) is 32.3 Å². The molecule has 2 saturated carbocycles. The van der Waals surface area contributed by atoms with Crippen molar-refractivity contribution < 1.29 is 4.79 Å². The van der Waals surface area contributed by atoms with Crippen molar-refractivity contribution in [3.8, 4) is 0 Å². The third-order valence-electron chi connectivity index (χ3n) is 3.54. The van der Waals surface area contributed by atoms with E-state index in [0.29, 0.717) is 18.5 Å². The molecule has 0 aromatic rings. The van der Waals surface area contributed by atoms with Gasteiger partial charge in [-0.1, -0.05) is 0 Å². The van der Waals surface area contributed by atoms with E-state index in [2.05, 4.69) is 12.2 Å². The average molecular weight is 245 g/mol. The summed E-state index contributed by atoms with van der Waals surface area (Å²) in [4.78, 5) is 14.0. The van der Waals surface area contributed by atoms with Crippen LogP contribution in [0.3, 0.4) is 0 Å². The minimum atomic E-state index is 0.0759. The fraction of sp³-hybridized carbons (Fsp3) is 0.917. The summed E-state index contributed by atoms with van der Waals surface area (Å²) in [7, 11) is 0. The van der Waals surface area contributed by atoms with Gasteiger partial charge >= 0.3 is 6.03 Å².